The van der Waals surface area contributed by atoms with Gasteiger partial charge in [-0.25, -0.2) is 13.8 Å². The molecular formula is C21H20ClF2N3O3S. The van der Waals surface area contributed by atoms with Crippen molar-refractivity contribution in [2.75, 3.05) is 19.0 Å². The van der Waals surface area contributed by atoms with Crippen LogP contribution in [-0.4, -0.2) is 34.4 Å². The van der Waals surface area contributed by atoms with Crippen LogP contribution in [0.3, 0.4) is 0 Å². The number of benzene rings is 2. The van der Waals surface area contributed by atoms with Gasteiger partial charge in [-0.2, -0.15) is 0 Å². The van der Waals surface area contributed by atoms with Crippen molar-refractivity contribution in [3.8, 4) is 0 Å². The number of ether oxygens (including phenoxy) is 1. The number of methoxy groups -OCH3 is 1. The number of carbonyl (C=O) groups is 1. The SMILES string of the molecule is COCCCn1c(SC(C)C(=O)Nc2c(F)cccc2F)nc2cc(Cl)ccc2c1=O. The molecular weight excluding hydrogens is 448 g/mol. The molecule has 1 N–H and O–H groups in total. The van der Waals surface area contributed by atoms with Crippen molar-refractivity contribution in [2.45, 2.75) is 30.3 Å². The number of rotatable bonds is 8. The average Bonchev–Trinajstić information content (AvgIpc) is 2.72. The molecule has 1 aromatic heterocycles. The Morgan fingerprint density at radius 1 is 1.29 bits per heavy atom. The van der Waals surface area contributed by atoms with Crippen LogP contribution in [0.25, 0.3) is 10.9 Å². The third kappa shape index (κ3) is 5.41. The summed E-state index contributed by atoms with van der Waals surface area (Å²) in [6.45, 7) is 2.33. The number of aromatic nitrogens is 2. The lowest BCUT2D eigenvalue weighted by Gasteiger charge is -2.17. The van der Waals surface area contributed by atoms with Gasteiger partial charge in [-0.05, 0) is 43.7 Å². The van der Waals surface area contributed by atoms with Crippen LogP contribution in [-0.2, 0) is 16.1 Å². The summed E-state index contributed by atoms with van der Waals surface area (Å²) in [6, 6.07) is 8.10. The number of nitrogens with one attached hydrogen (secondary N) is 1. The molecule has 0 spiro atoms. The minimum Gasteiger partial charge on any atom is -0.385 e. The molecule has 6 nitrogen and oxygen atoms in total. The highest BCUT2D eigenvalue weighted by molar-refractivity contribution is 8.00. The van der Waals surface area contributed by atoms with Gasteiger partial charge in [0, 0.05) is 25.3 Å². The number of fused-ring (bicyclic) bond motifs is 1. The normalized spacial score (nSPS) is 12.2. The molecule has 0 aliphatic heterocycles. The standard InChI is InChI=1S/C21H20ClF2N3O3S/c1-12(19(28)26-18-15(23)5-3-6-16(18)24)31-21-25-17-11-13(22)7-8-14(17)20(29)27(21)9-4-10-30-2/h3,5-8,11-12H,4,9-10H2,1-2H3,(H,26,28). The second-order valence-corrected chi connectivity index (χ2v) is 8.45. The maximum atomic E-state index is 13.9. The van der Waals surface area contributed by atoms with Crippen molar-refractivity contribution in [3.63, 3.8) is 0 Å². The molecule has 0 aliphatic carbocycles. The van der Waals surface area contributed by atoms with E-state index in [2.05, 4.69) is 10.3 Å². The van der Waals surface area contributed by atoms with E-state index in [4.69, 9.17) is 16.3 Å². The Bertz CT molecular complexity index is 1150. The van der Waals surface area contributed by atoms with E-state index in [1.807, 2.05) is 0 Å². The zero-order valence-corrected chi connectivity index (χ0v) is 18.4. The van der Waals surface area contributed by atoms with Gasteiger partial charge in [-0.3, -0.25) is 14.2 Å². The summed E-state index contributed by atoms with van der Waals surface area (Å²) in [5, 5.41) is 2.59. The summed E-state index contributed by atoms with van der Waals surface area (Å²) in [5.74, 6) is -2.38. The first-order chi connectivity index (χ1) is 14.8. The largest absolute Gasteiger partial charge is 0.385 e. The molecule has 3 aromatic rings. The molecule has 2 aromatic carbocycles. The summed E-state index contributed by atoms with van der Waals surface area (Å²) >= 11 is 7.05. The van der Waals surface area contributed by atoms with Crippen molar-refractivity contribution in [2.24, 2.45) is 0 Å². The topological polar surface area (TPSA) is 73.2 Å². The Morgan fingerprint density at radius 2 is 2.00 bits per heavy atom. The van der Waals surface area contributed by atoms with Gasteiger partial charge in [0.05, 0.1) is 16.2 Å². The first-order valence-electron chi connectivity index (χ1n) is 9.42. The van der Waals surface area contributed by atoms with Gasteiger partial charge in [0.25, 0.3) is 5.56 Å². The molecule has 0 radical (unpaired) electrons. The molecule has 1 unspecified atom stereocenters. The third-order valence-corrected chi connectivity index (χ3v) is 5.80. The first-order valence-corrected chi connectivity index (χ1v) is 10.7. The number of nitrogens with zero attached hydrogens (tertiary/aromatic N) is 2. The Morgan fingerprint density at radius 3 is 2.68 bits per heavy atom. The number of halogens is 3. The Kier molecular flexibility index (Phi) is 7.64. The minimum atomic E-state index is -0.875. The van der Waals surface area contributed by atoms with E-state index in [0.29, 0.717) is 40.7 Å². The second-order valence-electron chi connectivity index (χ2n) is 6.70. The molecule has 31 heavy (non-hydrogen) atoms. The molecule has 0 saturated heterocycles. The highest BCUT2D eigenvalue weighted by Gasteiger charge is 2.21. The van der Waals surface area contributed by atoms with E-state index < -0.39 is 28.5 Å². The fourth-order valence-electron chi connectivity index (χ4n) is 2.88. The molecule has 1 heterocycles. The van der Waals surface area contributed by atoms with Crippen LogP contribution in [0.15, 0.2) is 46.3 Å². The number of para-hydroxylation sites is 1. The minimum absolute atomic E-state index is 0.270. The van der Waals surface area contributed by atoms with Crippen molar-refractivity contribution in [1.82, 2.24) is 9.55 Å². The zero-order valence-electron chi connectivity index (χ0n) is 16.8. The van der Waals surface area contributed by atoms with E-state index in [1.54, 1.807) is 32.2 Å². The number of anilines is 1. The van der Waals surface area contributed by atoms with Crippen molar-refractivity contribution < 1.29 is 18.3 Å². The van der Waals surface area contributed by atoms with Gasteiger partial charge in [-0.15, -0.1) is 0 Å². The number of hydrogen-bond donors (Lipinski definition) is 1. The monoisotopic (exact) mass is 467 g/mol. The van der Waals surface area contributed by atoms with Gasteiger partial charge in [0.2, 0.25) is 5.91 Å². The van der Waals surface area contributed by atoms with E-state index >= 15 is 0 Å². The summed E-state index contributed by atoms with van der Waals surface area (Å²) in [4.78, 5) is 30.1. The summed E-state index contributed by atoms with van der Waals surface area (Å²) in [7, 11) is 1.56. The van der Waals surface area contributed by atoms with Crippen LogP contribution < -0.4 is 10.9 Å². The zero-order chi connectivity index (χ0) is 22.5. The van der Waals surface area contributed by atoms with E-state index in [-0.39, 0.29) is 5.56 Å². The lowest BCUT2D eigenvalue weighted by molar-refractivity contribution is -0.115. The maximum Gasteiger partial charge on any atom is 0.262 e. The third-order valence-electron chi connectivity index (χ3n) is 4.47. The van der Waals surface area contributed by atoms with Crippen molar-refractivity contribution >= 4 is 45.9 Å². The highest BCUT2D eigenvalue weighted by atomic mass is 35.5. The Hall–Kier alpha value is -2.49. The molecule has 164 valence electrons. The predicted octanol–water partition coefficient (Wildman–Crippen LogP) is 4.48. The fraction of sp³-hybridized carbons (Fsp3) is 0.286. The van der Waals surface area contributed by atoms with Crippen LogP contribution in [0.1, 0.15) is 13.3 Å². The summed E-state index contributed by atoms with van der Waals surface area (Å²) < 4.78 is 34.2. The van der Waals surface area contributed by atoms with Crippen LogP contribution in [0.4, 0.5) is 14.5 Å². The van der Waals surface area contributed by atoms with Crippen molar-refractivity contribution in [3.05, 3.63) is 63.4 Å². The smallest absolute Gasteiger partial charge is 0.262 e. The lowest BCUT2D eigenvalue weighted by atomic mass is 10.2. The summed E-state index contributed by atoms with van der Waals surface area (Å²) in [5.41, 5.74) is -0.389. The van der Waals surface area contributed by atoms with Gasteiger partial charge >= 0.3 is 0 Å². The maximum absolute atomic E-state index is 13.9. The van der Waals surface area contributed by atoms with Gasteiger partial charge in [0.1, 0.15) is 17.3 Å². The van der Waals surface area contributed by atoms with E-state index in [1.165, 1.54) is 10.6 Å². The van der Waals surface area contributed by atoms with Crippen molar-refractivity contribution in [1.29, 1.82) is 0 Å². The molecule has 10 heteroatoms. The van der Waals surface area contributed by atoms with E-state index in [9.17, 15) is 18.4 Å². The molecule has 3 rings (SSSR count). The van der Waals surface area contributed by atoms with Crippen LogP contribution in [0.2, 0.25) is 5.02 Å². The second kappa shape index (κ2) is 10.2. The first kappa shape index (κ1) is 23.2. The number of carbonyl (C=O) groups excluding carboxylic acids is 1. The quantitative estimate of drug-likeness (QED) is 0.300. The number of amides is 1. The molecule has 1 atom stereocenters. The molecule has 0 fully saturated rings. The Labute approximate surface area is 186 Å². The molecule has 0 saturated carbocycles. The van der Waals surface area contributed by atoms with Crippen LogP contribution in [0, 0.1) is 11.6 Å². The number of thioether (sulfide) groups is 1. The van der Waals surface area contributed by atoms with E-state index in [0.717, 1.165) is 23.9 Å². The molecule has 0 bridgehead atoms. The lowest BCUT2D eigenvalue weighted by Crippen LogP contribution is -2.28. The van der Waals surface area contributed by atoms with Crippen LogP contribution in [0.5, 0.6) is 0 Å². The molecule has 1 amide bonds. The average molecular weight is 468 g/mol. The highest BCUT2D eigenvalue weighted by Crippen LogP contribution is 2.26. The van der Waals surface area contributed by atoms with Gasteiger partial charge in [0.15, 0.2) is 5.16 Å². The molecule has 0 aliphatic rings. The van der Waals surface area contributed by atoms with Gasteiger partial charge < -0.3 is 10.1 Å². The number of hydrogen-bond acceptors (Lipinski definition) is 5. The summed E-state index contributed by atoms with van der Waals surface area (Å²) in [6.07, 6.45) is 0.561. The Balaban J connectivity index is 1.91. The predicted molar refractivity (Wildman–Crippen MR) is 118 cm³/mol. The van der Waals surface area contributed by atoms with Gasteiger partial charge in [-0.1, -0.05) is 29.4 Å². The fourth-order valence-corrected chi connectivity index (χ4v) is 3.98. The van der Waals surface area contributed by atoms with Crippen LogP contribution >= 0.6 is 23.4 Å².